The van der Waals surface area contributed by atoms with Crippen LogP contribution in [0.4, 0.5) is 0 Å². The minimum atomic E-state index is 0.747. The Morgan fingerprint density at radius 3 is 2.71 bits per heavy atom. The molecule has 2 aromatic rings. The average Bonchev–Trinajstić information content (AvgIpc) is 2.64. The minimum Gasteiger partial charge on any atom is -0.493 e. The van der Waals surface area contributed by atoms with Crippen LogP contribution in [0.1, 0.15) is 58.6 Å². The van der Waals surface area contributed by atoms with Gasteiger partial charge in [-0.25, -0.2) is 9.97 Å². The van der Waals surface area contributed by atoms with Gasteiger partial charge in [0.25, 0.3) is 0 Å². The van der Waals surface area contributed by atoms with Crippen molar-refractivity contribution in [1.82, 2.24) is 9.97 Å². The molecule has 1 unspecified atom stereocenters. The number of para-hydroxylation sites is 1. The second-order valence-electron chi connectivity index (χ2n) is 6.48. The van der Waals surface area contributed by atoms with Gasteiger partial charge in [0.1, 0.15) is 5.75 Å². The molecule has 1 aromatic heterocycles. The van der Waals surface area contributed by atoms with Crippen molar-refractivity contribution in [2.45, 2.75) is 59.3 Å². The zero-order valence-electron chi connectivity index (χ0n) is 15.3. The molecule has 0 spiro atoms. The van der Waals surface area contributed by atoms with E-state index < -0.39 is 0 Å². The van der Waals surface area contributed by atoms with Crippen molar-refractivity contribution in [3.8, 4) is 17.1 Å². The van der Waals surface area contributed by atoms with Crippen LogP contribution in [-0.4, -0.2) is 16.6 Å². The summed E-state index contributed by atoms with van der Waals surface area (Å²) in [4.78, 5) is 9.18. The smallest absolute Gasteiger partial charge is 0.163 e. The molecule has 0 aliphatic carbocycles. The minimum absolute atomic E-state index is 0.747. The van der Waals surface area contributed by atoms with E-state index in [1.165, 1.54) is 19.3 Å². The summed E-state index contributed by atoms with van der Waals surface area (Å²) in [5.74, 6) is 2.41. The standard InChI is InChI=1S/C21H30N2O/c1-4-6-11-18-14-15-22-21(23-18)19-12-7-8-13-20(19)24-16-9-10-17(3)5-2/h7-8,12-15,17H,4-6,9-11,16H2,1-3H3. The van der Waals surface area contributed by atoms with Gasteiger partial charge in [-0.1, -0.05) is 45.7 Å². The average molecular weight is 326 g/mol. The fourth-order valence-corrected chi connectivity index (χ4v) is 2.62. The van der Waals surface area contributed by atoms with E-state index >= 15 is 0 Å². The summed E-state index contributed by atoms with van der Waals surface area (Å²) in [5.41, 5.74) is 2.09. The van der Waals surface area contributed by atoms with Gasteiger partial charge in [0, 0.05) is 11.9 Å². The first-order chi connectivity index (χ1) is 11.7. The molecule has 3 nitrogen and oxygen atoms in total. The predicted molar refractivity (Wildman–Crippen MR) is 100 cm³/mol. The highest BCUT2D eigenvalue weighted by Gasteiger charge is 2.09. The van der Waals surface area contributed by atoms with Gasteiger partial charge in [-0.2, -0.15) is 0 Å². The highest BCUT2D eigenvalue weighted by atomic mass is 16.5. The van der Waals surface area contributed by atoms with E-state index in [-0.39, 0.29) is 0 Å². The lowest BCUT2D eigenvalue weighted by molar-refractivity contribution is 0.295. The molecular weight excluding hydrogens is 296 g/mol. The Hall–Kier alpha value is -1.90. The lowest BCUT2D eigenvalue weighted by Gasteiger charge is -2.12. The van der Waals surface area contributed by atoms with Crippen LogP contribution in [0.2, 0.25) is 0 Å². The molecule has 0 aliphatic rings. The van der Waals surface area contributed by atoms with Crippen molar-refractivity contribution in [3.63, 3.8) is 0 Å². The summed E-state index contributed by atoms with van der Waals surface area (Å²) >= 11 is 0. The number of hydrogen-bond acceptors (Lipinski definition) is 3. The zero-order valence-corrected chi connectivity index (χ0v) is 15.3. The summed E-state index contributed by atoms with van der Waals surface area (Å²) < 4.78 is 6.03. The van der Waals surface area contributed by atoms with Gasteiger partial charge in [-0.15, -0.1) is 0 Å². The fraction of sp³-hybridized carbons (Fsp3) is 0.524. The summed E-state index contributed by atoms with van der Waals surface area (Å²) in [5, 5.41) is 0. The highest BCUT2D eigenvalue weighted by Crippen LogP contribution is 2.27. The Labute approximate surface area is 146 Å². The maximum atomic E-state index is 6.03. The van der Waals surface area contributed by atoms with E-state index in [9.17, 15) is 0 Å². The largest absolute Gasteiger partial charge is 0.493 e. The molecule has 0 amide bonds. The number of ether oxygens (including phenoxy) is 1. The fourth-order valence-electron chi connectivity index (χ4n) is 2.62. The van der Waals surface area contributed by atoms with Gasteiger partial charge in [0.15, 0.2) is 5.82 Å². The first-order valence-corrected chi connectivity index (χ1v) is 9.28. The van der Waals surface area contributed by atoms with Crippen LogP contribution in [0.5, 0.6) is 5.75 Å². The van der Waals surface area contributed by atoms with Crippen LogP contribution in [-0.2, 0) is 6.42 Å². The summed E-state index contributed by atoms with van der Waals surface area (Å²) in [6.45, 7) is 7.48. The first-order valence-electron chi connectivity index (χ1n) is 9.28. The molecule has 0 N–H and O–H groups in total. The van der Waals surface area contributed by atoms with Crippen molar-refractivity contribution >= 4 is 0 Å². The third kappa shape index (κ3) is 5.63. The number of aryl methyl sites for hydroxylation is 1. The van der Waals surface area contributed by atoms with Crippen molar-refractivity contribution in [2.75, 3.05) is 6.61 Å². The third-order valence-electron chi connectivity index (χ3n) is 4.42. The summed E-state index contributed by atoms with van der Waals surface area (Å²) in [6, 6.07) is 10.1. The molecule has 24 heavy (non-hydrogen) atoms. The van der Waals surface area contributed by atoms with Crippen molar-refractivity contribution in [1.29, 1.82) is 0 Å². The normalized spacial score (nSPS) is 12.1. The van der Waals surface area contributed by atoms with Gasteiger partial charge in [-0.3, -0.25) is 0 Å². The van der Waals surface area contributed by atoms with Crippen molar-refractivity contribution in [2.24, 2.45) is 5.92 Å². The van der Waals surface area contributed by atoms with Crippen LogP contribution >= 0.6 is 0 Å². The van der Waals surface area contributed by atoms with Crippen LogP contribution in [0, 0.1) is 5.92 Å². The van der Waals surface area contributed by atoms with Gasteiger partial charge < -0.3 is 4.74 Å². The Bertz CT molecular complexity index is 612. The molecule has 0 bridgehead atoms. The molecule has 0 fully saturated rings. The summed E-state index contributed by atoms with van der Waals surface area (Å²) in [7, 11) is 0. The van der Waals surface area contributed by atoms with Gasteiger partial charge in [0.05, 0.1) is 12.2 Å². The van der Waals surface area contributed by atoms with E-state index in [4.69, 9.17) is 9.72 Å². The zero-order chi connectivity index (χ0) is 17.2. The number of unbranched alkanes of at least 4 members (excludes halogenated alkanes) is 1. The third-order valence-corrected chi connectivity index (χ3v) is 4.42. The Morgan fingerprint density at radius 1 is 1.08 bits per heavy atom. The summed E-state index contributed by atoms with van der Waals surface area (Å²) in [6.07, 6.45) is 8.72. The van der Waals surface area contributed by atoms with Crippen LogP contribution in [0.3, 0.4) is 0 Å². The number of hydrogen-bond donors (Lipinski definition) is 0. The Morgan fingerprint density at radius 2 is 1.92 bits per heavy atom. The molecule has 0 aliphatic heterocycles. The predicted octanol–water partition coefficient (Wildman–Crippen LogP) is 5.69. The van der Waals surface area contributed by atoms with Crippen LogP contribution < -0.4 is 4.74 Å². The van der Waals surface area contributed by atoms with Crippen molar-refractivity contribution < 1.29 is 4.74 Å². The van der Waals surface area contributed by atoms with E-state index in [0.717, 1.165) is 54.6 Å². The molecular formula is C21H30N2O. The Balaban J connectivity index is 2.05. The molecule has 3 heteroatoms. The topological polar surface area (TPSA) is 35.0 Å². The second kappa shape index (κ2) is 10.1. The number of nitrogens with zero attached hydrogens (tertiary/aromatic N) is 2. The van der Waals surface area contributed by atoms with E-state index in [1.807, 2.05) is 36.5 Å². The SMILES string of the molecule is CCCCc1ccnc(-c2ccccc2OCCCC(C)CC)n1. The van der Waals surface area contributed by atoms with Crippen molar-refractivity contribution in [3.05, 3.63) is 42.2 Å². The molecule has 1 atom stereocenters. The molecule has 1 heterocycles. The van der Waals surface area contributed by atoms with Gasteiger partial charge in [-0.05, 0) is 49.8 Å². The van der Waals surface area contributed by atoms with Crippen LogP contribution in [0.15, 0.2) is 36.5 Å². The van der Waals surface area contributed by atoms with E-state index in [1.54, 1.807) is 0 Å². The lowest BCUT2D eigenvalue weighted by atomic mass is 10.0. The number of rotatable bonds is 10. The molecule has 0 radical (unpaired) electrons. The molecule has 0 saturated heterocycles. The molecule has 130 valence electrons. The van der Waals surface area contributed by atoms with Gasteiger partial charge >= 0.3 is 0 Å². The van der Waals surface area contributed by atoms with Gasteiger partial charge in [0.2, 0.25) is 0 Å². The second-order valence-corrected chi connectivity index (χ2v) is 6.48. The monoisotopic (exact) mass is 326 g/mol. The van der Waals surface area contributed by atoms with E-state index in [2.05, 4.69) is 25.8 Å². The number of benzene rings is 1. The molecule has 0 saturated carbocycles. The maximum absolute atomic E-state index is 6.03. The molecule has 1 aromatic carbocycles. The first kappa shape index (κ1) is 18.4. The quantitative estimate of drug-likeness (QED) is 0.526. The number of aromatic nitrogens is 2. The lowest BCUT2D eigenvalue weighted by Crippen LogP contribution is -2.03. The highest BCUT2D eigenvalue weighted by molar-refractivity contribution is 5.63. The van der Waals surface area contributed by atoms with Crippen LogP contribution in [0.25, 0.3) is 11.4 Å². The maximum Gasteiger partial charge on any atom is 0.163 e. The van der Waals surface area contributed by atoms with E-state index in [0.29, 0.717) is 0 Å². The Kier molecular flexibility index (Phi) is 7.73. The molecule has 2 rings (SSSR count).